The van der Waals surface area contributed by atoms with Gasteiger partial charge in [0.25, 0.3) is 5.91 Å². The van der Waals surface area contributed by atoms with E-state index in [9.17, 15) is 15.2 Å². The normalized spacial score (nSPS) is 11.0. The first kappa shape index (κ1) is 17.1. The van der Waals surface area contributed by atoms with E-state index in [0.29, 0.717) is 16.5 Å². The zero-order valence-electron chi connectivity index (χ0n) is 14.2. The molecule has 0 saturated heterocycles. The molecule has 3 aromatic carbocycles. The van der Waals surface area contributed by atoms with Gasteiger partial charge in [-0.2, -0.15) is 5.26 Å². The van der Waals surface area contributed by atoms with Gasteiger partial charge in [0.1, 0.15) is 17.4 Å². The molecule has 0 bridgehead atoms. The molecule has 0 aliphatic carbocycles. The van der Waals surface area contributed by atoms with Crippen LogP contribution in [0.2, 0.25) is 0 Å². The fraction of sp³-hybridized carbons (Fsp3) is 0.0476. The van der Waals surface area contributed by atoms with E-state index in [1.807, 2.05) is 36.4 Å². The van der Waals surface area contributed by atoms with Crippen LogP contribution < -0.4 is 10.2 Å². The van der Waals surface area contributed by atoms with Gasteiger partial charge >= 0.3 is 0 Å². The molecular weight excluding hydrogens is 326 g/mol. The average molecular weight is 343 g/mol. The Bertz CT molecular complexity index is 1020. The lowest BCUT2D eigenvalue weighted by Gasteiger charge is -2.15. The van der Waals surface area contributed by atoms with E-state index in [1.54, 1.807) is 48.3 Å². The van der Waals surface area contributed by atoms with Gasteiger partial charge in [0.2, 0.25) is 0 Å². The number of hydrogen-bond acceptors (Lipinski definition) is 4. The van der Waals surface area contributed by atoms with Gasteiger partial charge in [0.15, 0.2) is 0 Å². The van der Waals surface area contributed by atoms with Crippen molar-refractivity contribution >= 4 is 28.1 Å². The predicted octanol–water partition coefficient (Wildman–Crippen LogP) is 4.03. The molecule has 0 aromatic heterocycles. The van der Waals surface area contributed by atoms with Crippen molar-refractivity contribution < 1.29 is 9.90 Å². The molecular formula is C21H17N3O2. The van der Waals surface area contributed by atoms with Crippen LogP contribution in [-0.2, 0) is 4.79 Å². The first-order valence-corrected chi connectivity index (χ1v) is 8.02. The highest BCUT2D eigenvalue weighted by Gasteiger charge is 2.13. The topological polar surface area (TPSA) is 76.4 Å². The van der Waals surface area contributed by atoms with Crippen LogP contribution in [0.15, 0.2) is 78.5 Å². The van der Waals surface area contributed by atoms with Crippen LogP contribution in [-0.4, -0.2) is 18.1 Å². The minimum absolute atomic E-state index is 0.0199. The van der Waals surface area contributed by atoms with Gasteiger partial charge in [0, 0.05) is 35.4 Å². The zero-order valence-corrected chi connectivity index (χ0v) is 14.2. The molecule has 0 spiro atoms. The van der Waals surface area contributed by atoms with Gasteiger partial charge in [-0.3, -0.25) is 4.79 Å². The molecule has 0 fully saturated rings. The van der Waals surface area contributed by atoms with Crippen LogP contribution in [0.1, 0.15) is 0 Å². The summed E-state index contributed by atoms with van der Waals surface area (Å²) in [5.41, 5.74) is 1.38. The Hall–Kier alpha value is -3.78. The number of para-hydroxylation sites is 1. The number of amides is 1. The minimum atomic E-state index is -0.508. The summed E-state index contributed by atoms with van der Waals surface area (Å²) >= 11 is 0. The molecule has 26 heavy (non-hydrogen) atoms. The number of carbonyl (C=O) groups excluding carboxylic acids is 1. The SMILES string of the molecule is CN(/C=C(/C#N)C(=O)Nc1cccc2c(O)cccc12)c1ccccc1. The molecule has 128 valence electrons. The third kappa shape index (κ3) is 3.50. The van der Waals surface area contributed by atoms with Crippen LogP contribution in [0.4, 0.5) is 11.4 Å². The van der Waals surface area contributed by atoms with E-state index in [0.717, 1.165) is 5.69 Å². The molecule has 3 aromatic rings. The maximum atomic E-state index is 12.5. The van der Waals surface area contributed by atoms with Crippen LogP contribution in [0.5, 0.6) is 5.75 Å². The van der Waals surface area contributed by atoms with Gasteiger partial charge in [-0.15, -0.1) is 0 Å². The van der Waals surface area contributed by atoms with Gasteiger partial charge in [-0.05, 0) is 24.3 Å². The third-order valence-electron chi connectivity index (χ3n) is 4.00. The molecule has 5 heteroatoms. The number of fused-ring (bicyclic) bond motifs is 1. The Balaban J connectivity index is 1.88. The maximum Gasteiger partial charge on any atom is 0.267 e. The molecule has 0 atom stereocenters. The van der Waals surface area contributed by atoms with Crippen LogP contribution in [0.3, 0.4) is 0 Å². The van der Waals surface area contributed by atoms with E-state index < -0.39 is 5.91 Å². The average Bonchev–Trinajstić information content (AvgIpc) is 2.67. The number of phenolic OH excluding ortho intramolecular Hbond substituents is 1. The van der Waals surface area contributed by atoms with Crippen LogP contribution >= 0.6 is 0 Å². The Morgan fingerprint density at radius 3 is 2.46 bits per heavy atom. The minimum Gasteiger partial charge on any atom is -0.507 e. The second-order valence-corrected chi connectivity index (χ2v) is 5.73. The van der Waals surface area contributed by atoms with Crippen molar-refractivity contribution in [1.82, 2.24) is 0 Å². The Labute approximate surface area is 151 Å². The zero-order chi connectivity index (χ0) is 18.5. The van der Waals surface area contributed by atoms with Crippen molar-refractivity contribution in [1.29, 1.82) is 5.26 Å². The highest BCUT2D eigenvalue weighted by Crippen LogP contribution is 2.30. The number of carbonyl (C=O) groups is 1. The van der Waals surface area contributed by atoms with Crippen molar-refractivity contribution in [3.63, 3.8) is 0 Å². The number of anilines is 2. The van der Waals surface area contributed by atoms with E-state index in [4.69, 9.17) is 0 Å². The molecule has 2 N–H and O–H groups in total. The summed E-state index contributed by atoms with van der Waals surface area (Å²) in [6.45, 7) is 0. The fourth-order valence-corrected chi connectivity index (χ4v) is 2.66. The maximum absolute atomic E-state index is 12.5. The lowest BCUT2D eigenvalue weighted by atomic mass is 10.1. The second kappa shape index (κ2) is 7.41. The Kier molecular flexibility index (Phi) is 4.86. The summed E-state index contributed by atoms with van der Waals surface area (Å²) in [4.78, 5) is 14.3. The molecule has 0 unspecified atom stereocenters. The first-order valence-electron chi connectivity index (χ1n) is 8.02. The third-order valence-corrected chi connectivity index (χ3v) is 4.00. The summed E-state index contributed by atoms with van der Waals surface area (Å²) in [7, 11) is 1.77. The van der Waals surface area contributed by atoms with E-state index in [1.165, 1.54) is 6.20 Å². The van der Waals surface area contributed by atoms with Gasteiger partial charge in [-0.1, -0.05) is 42.5 Å². The molecule has 0 saturated carbocycles. The molecule has 0 aliphatic rings. The van der Waals surface area contributed by atoms with Gasteiger partial charge < -0.3 is 15.3 Å². The number of benzene rings is 3. The summed E-state index contributed by atoms with van der Waals surface area (Å²) in [6.07, 6.45) is 1.49. The summed E-state index contributed by atoms with van der Waals surface area (Å²) in [5.74, 6) is -0.371. The largest absolute Gasteiger partial charge is 0.507 e. The number of phenols is 1. The van der Waals surface area contributed by atoms with Crippen LogP contribution in [0, 0.1) is 11.3 Å². The van der Waals surface area contributed by atoms with Crippen molar-refractivity contribution in [2.75, 3.05) is 17.3 Å². The van der Waals surface area contributed by atoms with E-state index in [-0.39, 0.29) is 11.3 Å². The van der Waals surface area contributed by atoms with E-state index >= 15 is 0 Å². The lowest BCUT2D eigenvalue weighted by molar-refractivity contribution is -0.112. The highest BCUT2D eigenvalue weighted by molar-refractivity contribution is 6.11. The molecule has 0 radical (unpaired) electrons. The number of nitriles is 1. The van der Waals surface area contributed by atoms with Crippen molar-refractivity contribution in [3.05, 3.63) is 78.5 Å². The van der Waals surface area contributed by atoms with Gasteiger partial charge in [0.05, 0.1) is 0 Å². The molecule has 1 amide bonds. The van der Waals surface area contributed by atoms with Crippen molar-refractivity contribution in [2.45, 2.75) is 0 Å². The number of hydrogen-bond donors (Lipinski definition) is 2. The van der Waals surface area contributed by atoms with E-state index in [2.05, 4.69) is 5.32 Å². The molecule has 5 nitrogen and oxygen atoms in total. The number of nitrogens with zero attached hydrogens (tertiary/aromatic N) is 2. The first-order chi connectivity index (χ1) is 12.6. The molecule has 3 rings (SSSR count). The van der Waals surface area contributed by atoms with Gasteiger partial charge in [-0.25, -0.2) is 0 Å². The monoisotopic (exact) mass is 343 g/mol. The summed E-state index contributed by atoms with van der Waals surface area (Å²) < 4.78 is 0. The standard InChI is InChI=1S/C21H17N3O2/c1-24(16-7-3-2-4-8-16)14-15(13-22)21(26)23-19-11-5-10-18-17(19)9-6-12-20(18)25/h2-12,14,25H,1H3,(H,23,26)/b15-14-. The smallest absolute Gasteiger partial charge is 0.267 e. The second-order valence-electron chi connectivity index (χ2n) is 5.73. The number of nitrogens with one attached hydrogen (secondary N) is 1. The molecule has 0 aliphatic heterocycles. The Morgan fingerprint density at radius 1 is 1.04 bits per heavy atom. The lowest BCUT2D eigenvalue weighted by Crippen LogP contribution is -2.18. The van der Waals surface area contributed by atoms with Crippen molar-refractivity contribution in [3.8, 4) is 11.8 Å². The summed E-state index contributed by atoms with van der Waals surface area (Å²) in [6, 6.07) is 21.7. The Morgan fingerprint density at radius 2 is 1.73 bits per heavy atom. The van der Waals surface area contributed by atoms with Crippen LogP contribution in [0.25, 0.3) is 10.8 Å². The fourth-order valence-electron chi connectivity index (χ4n) is 2.66. The van der Waals surface area contributed by atoms with Crippen molar-refractivity contribution in [2.24, 2.45) is 0 Å². The predicted molar refractivity (Wildman–Crippen MR) is 103 cm³/mol. The quantitative estimate of drug-likeness (QED) is 0.554. The number of rotatable bonds is 4. The highest BCUT2D eigenvalue weighted by atomic mass is 16.3. The summed E-state index contributed by atoms with van der Waals surface area (Å²) in [5, 5.41) is 23.4. The number of aromatic hydroxyl groups is 1. The molecule has 0 heterocycles.